The van der Waals surface area contributed by atoms with Crippen LogP contribution in [0.4, 0.5) is 0 Å². The molecule has 1 aliphatic heterocycles. The first-order valence-corrected chi connectivity index (χ1v) is 9.60. The number of piperidine rings is 1. The maximum atomic E-state index is 6.77. The first-order valence-electron chi connectivity index (χ1n) is 8.52. The zero-order valence-corrected chi connectivity index (χ0v) is 16.3. The predicted octanol–water partition coefficient (Wildman–Crippen LogP) is 4.30. The van der Waals surface area contributed by atoms with Crippen molar-refractivity contribution in [3.63, 3.8) is 0 Å². The molecule has 3 nitrogen and oxygen atoms in total. The van der Waals surface area contributed by atoms with Crippen molar-refractivity contribution < 1.29 is 4.74 Å². The molecule has 0 aromatic heterocycles. The third-order valence-electron chi connectivity index (χ3n) is 4.78. The van der Waals surface area contributed by atoms with Crippen molar-refractivity contribution in [3.8, 4) is 5.75 Å². The van der Waals surface area contributed by atoms with E-state index in [-0.39, 0.29) is 0 Å². The van der Waals surface area contributed by atoms with Gasteiger partial charge >= 0.3 is 0 Å². The van der Waals surface area contributed by atoms with Crippen molar-refractivity contribution in [1.82, 2.24) is 4.90 Å². The Labute approximate surface area is 158 Å². The van der Waals surface area contributed by atoms with E-state index in [1.807, 2.05) is 30.3 Å². The molecule has 0 amide bonds. The lowest BCUT2D eigenvalue weighted by atomic mass is 9.92. The van der Waals surface area contributed by atoms with Crippen molar-refractivity contribution >= 4 is 22.6 Å². The molecule has 24 heavy (non-hydrogen) atoms. The number of hydrogen-bond acceptors (Lipinski definition) is 3. The Kier molecular flexibility index (Phi) is 5.79. The summed E-state index contributed by atoms with van der Waals surface area (Å²) >= 11 is 2.41. The molecule has 0 radical (unpaired) electrons. The largest absolute Gasteiger partial charge is 0.489 e. The van der Waals surface area contributed by atoms with E-state index >= 15 is 0 Å². The van der Waals surface area contributed by atoms with Crippen molar-refractivity contribution in [2.45, 2.75) is 35.5 Å². The second kappa shape index (κ2) is 7.85. The van der Waals surface area contributed by atoms with E-state index in [2.05, 4.69) is 58.8 Å². The number of likely N-dealkylation sites (tertiary alicyclic amines) is 1. The summed E-state index contributed by atoms with van der Waals surface area (Å²) in [7, 11) is 2.18. The van der Waals surface area contributed by atoms with Gasteiger partial charge in [-0.1, -0.05) is 71.5 Å². The molecule has 1 aliphatic rings. The van der Waals surface area contributed by atoms with Crippen LogP contribution >= 0.6 is 22.6 Å². The fourth-order valence-electron chi connectivity index (χ4n) is 3.36. The summed E-state index contributed by atoms with van der Waals surface area (Å²) in [5.74, 6) is 0.876. The number of nitrogens with two attached hydrogens (primary N) is 1. The topological polar surface area (TPSA) is 38.5 Å². The molecule has 4 heteroatoms. The van der Waals surface area contributed by atoms with E-state index in [1.165, 1.54) is 18.4 Å². The highest BCUT2D eigenvalue weighted by atomic mass is 127. The van der Waals surface area contributed by atoms with Gasteiger partial charge in [-0.25, -0.2) is 0 Å². The molecule has 2 aromatic rings. The number of hydrogen-bond donors (Lipinski definition) is 1. The van der Waals surface area contributed by atoms with Crippen molar-refractivity contribution in [1.29, 1.82) is 0 Å². The second-order valence-electron chi connectivity index (χ2n) is 6.56. The smallest absolute Gasteiger partial charge is 0.120 e. The maximum absolute atomic E-state index is 6.77. The summed E-state index contributed by atoms with van der Waals surface area (Å²) in [5, 5.41) is 0. The Balaban J connectivity index is 1.74. The molecule has 3 rings (SSSR count). The van der Waals surface area contributed by atoms with Crippen LogP contribution < -0.4 is 10.5 Å². The molecule has 128 valence electrons. The van der Waals surface area contributed by atoms with E-state index in [1.54, 1.807) is 0 Å². The van der Waals surface area contributed by atoms with Crippen LogP contribution in [0.25, 0.3) is 0 Å². The third-order valence-corrected chi connectivity index (χ3v) is 6.12. The number of likely N-dealkylation sites (N-methyl/N-ethyl adjacent to an activating group) is 1. The lowest BCUT2D eigenvalue weighted by Gasteiger charge is -2.42. The van der Waals surface area contributed by atoms with Crippen LogP contribution in [0.1, 0.15) is 30.4 Å². The van der Waals surface area contributed by atoms with E-state index in [4.69, 9.17) is 10.5 Å². The van der Waals surface area contributed by atoms with Gasteiger partial charge in [-0.05, 0) is 49.7 Å². The Morgan fingerprint density at radius 3 is 2.71 bits per heavy atom. The normalized spacial score (nSPS) is 21.2. The Morgan fingerprint density at radius 1 is 1.17 bits per heavy atom. The highest BCUT2D eigenvalue weighted by molar-refractivity contribution is 14.1. The second-order valence-corrected chi connectivity index (χ2v) is 8.35. The molecule has 0 saturated carbocycles. The van der Waals surface area contributed by atoms with Gasteiger partial charge in [-0.2, -0.15) is 0 Å². The minimum atomic E-state index is -0.404. The first kappa shape index (κ1) is 17.7. The van der Waals surface area contributed by atoms with Crippen LogP contribution in [0.3, 0.4) is 0 Å². The molecule has 0 aliphatic carbocycles. The van der Waals surface area contributed by atoms with Gasteiger partial charge in [-0.15, -0.1) is 0 Å². The minimum absolute atomic E-state index is 0.358. The molecule has 1 saturated heterocycles. The number of ether oxygens (including phenoxy) is 1. The summed E-state index contributed by atoms with van der Waals surface area (Å²) in [6.45, 7) is 1.70. The molecular formula is C20H25IN2O. The number of benzene rings is 2. The molecule has 1 heterocycles. The highest BCUT2D eigenvalue weighted by Crippen LogP contribution is 2.38. The Hall–Kier alpha value is -1.11. The average molecular weight is 436 g/mol. The van der Waals surface area contributed by atoms with Gasteiger partial charge in [0.1, 0.15) is 15.9 Å². The molecule has 2 atom stereocenters. The average Bonchev–Trinajstić information content (AvgIpc) is 2.61. The van der Waals surface area contributed by atoms with Gasteiger partial charge in [0.15, 0.2) is 0 Å². The van der Waals surface area contributed by atoms with Crippen LogP contribution in [-0.2, 0) is 10.2 Å². The Bertz CT molecular complexity index is 660. The van der Waals surface area contributed by atoms with E-state index in [9.17, 15) is 0 Å². The van der Waals surface area contributed by atoms with Crippen LogP contribution in [0.15, 0.2) is 54.6 Å². The number of halogens is 1. The van der Waals surface area contributed by atoms with Gasteiger partial charge in [0.05, 0.1) is 0 Å². The van der Waals surface area contributed by atoms with Gasteiger partial charge in [-0.3, -0.25) is 0 Å². The zero-order chi connectivity index (χ0) is 17.0. The summed E-state index contributed by atoms with van der Waals surface area (Å²) < 4.78 is 5.57. The SMILES string of the molecule is CN1CCCC[C@H]1[C@@](N)(I)c1cccc(OCc2ccccc2)c1. The van der Waals surface area contributed by atoms with E-state index < -0.39 is 3.55 Å². The fraction of sp³-hybridized carbons (Fsp3) is 0.400. The molecule has 1 fully saturated rings. The standard InChI is InChI=1S/C20H25IN2O/c1-23-13-6-5-12-19(23)20(21,22)17-10-7-11-18(14-17)24-15-16-8-3-2-4-9-16/h2-4,7-11,14,19H,5-6,12-13,15,22H2,1H3/t19-,20+/m0/s1. The molecular weight excluding hydrogens is 411 g/mol. The monoisotopic (exact) mass is 436 g/mol. The maximum Gasteiger partial charge on any atom is 0.120 e. The number of alkyl halides is 1. The van der Waals surface area contributed by atoms with E-state index in [0.29, 0.717) is 12.6 Å². The van der Waals surface area contributed by atoms with Gasteiger partial charge in [0, 0.05) is 6.04 Å². The minimum Gasteiger partial charge on any atom is -0.489 e. The molecule has 0 spiro atoms. The quantitative estimate of drug-likeness (QED) is 0.432. The van der Waals surface area contributed by atoms with Crippen LogP contribution in [0, 0.1) is 0 Å². The summed E-state index contributed by atoms with van der Waals surface area (Å²) in [6.07, 6.45) is 3.66. The summed E-state index contributed by atoms with van der Waals surface area (Å²) in [4.78, 5) is 2.40. The fourth-order valence-corrected chi connectivity index (χ4v) is 4.49. The summed E-state index contributed by atoms with van der Waals surface area (Å²) in [6, 6.07) is 18.8. The van der Waals surface area contributed by atoms with Crippen LogP contribution in [0.5, 0.6) is 5.75 Å². The van der Waals surface area contributed by atoms with E-state index in [0.717, 1.165) is 24.3 Å². The lowest BCUT2D eigenvalue weighted by Crippen LogP contribution is -2.52. The Morgan fingerprint density at radius 2 is 1.96 bits per heavy atom. The van der Waals surface area contributed by atoms with Gasteiger partial charge < -0.3 is 15.4 Å². The van der Waals surface area contributed by atoms with Crippen LogP contribution in [0.2, 0.25) is 0 Å². The molecule has 0 unspecified atom stereocenters. The van der Waals surface area contributed by atoms with Gasteiger partial charge in [0.2, 0.25) is 0 Å². The van der Waals surface area contributed by atoms with Crippen molar-refractivity contribution in [2.75, 3.05) is 13.6 Å². The zero-order valence-electron chi connectivity index (χ0n) is 14.1. The number of nitrogens with zero attached hydrogens (tertiary/aromatic N) is 1. The predicted molar refractivity (Wildman–Crippen MR) is 107 cm³/mol. The third kappa shape index (κ3) is 4.10. The molecule has 2 N–H and O–H groups in total. The van der Waals surface area contributed by atoms with Crippen molar-refractivity contribution in [3.05, 3.63) is 65.7 Å². The summed E-state index contributed by atoms with van der Waals surface area (Å²) in [5.41, 5.74) is 9.07. The van der Waals surface area contributed by atoms with Gasteiger partial charge in [0.25, 0.3) is 0 Å². The van der Waals surface area contributed by atoms with Crippen LogP contribution in [-0.4, -0.2) is 24.5 Å². The van der Waals surface area contributed by atoms with Crippen molar-refractivity contribution in [2.24, 2.45) is 5.73 Å². The molecule has 2 aromatic carbocycles. The molecule has 0 bridgehead atoms. The highest BCUT2D eigenvalue weighted by Gasteiger charge is 2.38. The number of rotatable bonds is 5. The first-order chi connectivity index (χ1) is 11.6. The lowest BCUT2D eigenvalue weighted by molar-refractivity contribution is 0.153.